The predicted molar refractivity (Wildman–Crippen MR) is 99.1 cm³/mol. The van der Waals surface area contributed by atoms with E-state index in [1.165, 1.54) is 24.8 Å². The Hall–Kier alpha value is -3.23. The van der Waals surface area contributed by atoms with Gasteiger partial charge in [0.25, 0.3) is 11.8 Å². The van der Waals surface area contributed by atoms with Crippen LogP contribution in [0.3, 0.4) is 0 Å². The summed E-state index contributed by atoms with van der Waals surface area (Å²) >= 11 is 0. The van der Waals surface area contributed by atoms with Gasteiger partial charge in [0, 0.05) is 12.2 Å². The molecule has 1 atom stereocenters. The minimum Gasteiger partial charge on any atom is -0.501 e. The van der Waals surface area contributed by atoms with Crippen LogP contribution in [0, 0.1) is 5.92 Å². The number of amides is 1. The molecule has 1 unspecified atom stereocenters. The third-order valence-electron chi connectivity index (χ3n) is 5.03. The van der Waals surface area contributed by atoms with Crippen molar-refractivity contribution >= 4 is 11.9 Å². The molecule has 0 aromatic carbocycles. The van der Waals surface area contributed by atoms with Gasteiger partial charge in [-0.15, -0.1) is 0 Å². The first-order valence-corrected chi connectivity index (χ1v) is 9.17. The molecule has 1 aliphatic carbocycles. The van der Waals surface area contributed by atoms with Crippen molar-refractivity contribution in [3.8, 4) is 23.1 Å². The van der Waals surface area contributed by atoms with E-state index in [9.17, 15) is 19.8 Å². The molecule has 2 heterocycles. The van der Waals surface area contributed by atoms with Gasteiger partial charge in [0.2, 0.25) is 5.75 Å². The van der Waals surface area contributed by atoms with Crippen molar-refractivity contribution in [3.63, 3.8) is 0 Å². The quantitative estimate of drug-likeness (QED) is 0.612. The molecular formula is C19H22N4O5. The van der Waals surface area contributed by atoms with E-state index < -0.39 is 23.5 Å². The summed E-state index contributed by atoms with van der Waals surface area (Å²) in [5.41, 5.74) is -0.365. The molecule has 3 rings (SSSR count). The molecule has 0 aliphatic heterocycles. The Morgan fingerprint density at radius 2 is 1.89 bits per heavy atom. The Kier molecular flexibility index (Phi) is 5.72. The highest BCUT2D eigenvalue weighted by molar-refractivity contribution is 5.96. The number of aromatic nitrogens is 3. The van der Waals surface area contributed by atoms with Crippen LogP contribution in [-0.2, 0) is 0 Å². The van der Waals surface area contributed by atoms with E-state index in [1.807, 2.05) is 6.92 Å². The smallest absolute Gasteiger partial charge is 0.335 e. The predicted octanol–water partition coefficient (Wildman–Crippen LogP) is 2.35. The number of hydrogen-bond acceptors (Lipinski definition) is 7. The maximum Gasteiger partial charge on any atom is 0.335 e. The average Bonchev–Trinajstić information content (AvgIpc) is 2.70. The second-order valence-corrected chi connectivity index (χ2v) is 6.96. The highest BCUT2D eigenvalue weighted by Gasteiger charge is 2.26. The number of aromatic carboxylic acids is 1. The summed E-state index contributed by atoms with van der Waals surface area (Å²) in [4.78, 5) is 35.5. The van der Waals surface area contributed by atoms with Crippen LogP contribution >= 0.6 is 0 Å². The molecule has 2 aromatic rings. The van der Waals surface area contributed by atoms with E-state index in [-0.39, 0.29) is 28.8 Å². The third-order valence-corrected chi connectivity index (χ3v) is 5.03. The third kappa shape index (κ3) is 4.19. The first kappa shape index (κ1) is 19.5. The number of pyridine rings is 1. The molecule has 28 heavy (non-hydrogen) atoms. The summed E-state index contributed by atoms with van der Waals surface area (Å²) in [5.74, 6) is -3.11. The largest absolute Gasteiger partial charge is 0.501 e. The fourth-order valence-electron chi connectivity index (χ4n) is 3.43. The standard InChI is InChI=1S/C19H22N4O5/c1-10(11-5-3-2-4-6-11)21-17(25)14-15(24)18(26)23-16(22-14)13-9-12(19(27)28)7-8-20-13/h7-11,24H,2-6H2,1H3,(H,21,25)(H,27,28)(H,22,23,26). The second kappa shape index (κ2) is 8.20. The van der Waals surface area contributed by atoms with Gasteiger partial charge >= 0.3 is 5.97 Å². The van der Waals surface area contributed by atoms with Gasteiger partial charge < -0.3 is 20.6 Å². The van der Waals surface area contributed by atoms with E-state index in [4.69, 9.17) is 5.11 Å². The zero-order valence-electron chi connectivity index (χ0n) is 15.4. The molecular weight excluding hydrogens is 364 g/mol. The summed E-state index contributed by atoms with van der Waals surface area (Å²) in [7, 11) is 0. The molecule has 4 N–H and O–H groups in total. The van der Waals surface area contributed by atoms with Crippen LogP contribution in [0.1, 0.15) is 59.9 Å². The monoisotopic (exact) mass is 386 g/mol. The Balaban J connectivity index is 1.88. The number of hydrogen-bond donors (Lipinski definition) is 4. The zero-order chi connectivity index (χ0) is 20.3. The summed E-state index contributed by atoms with van der Waals surface area (Å²) in [6, 6.07) is 2.41. The molecule has 1 amide bonds. The van der Waals surface area contributed by atoms with Gasteiger partial charge in [-0.1, -0.05) is 19.3 Å². The average molecular weight is 386 g/mol. The number of carbonyl (C=O) groups is 2. The maximum atomic E-state index is 12.6. The second-order valence-electron chi connectivity index (χ2n) is 6.96. The molecule has 1 fully saturated rings. The van der Waals surface area contributed by atoms with E-state index in [1.54, 1.807) is 0 Å². The van der Waals surface area contributed by atoms with Crippen LogP contribution in [0.25, 0.3) is 11.5 Å². The number of nitrogens with zero attached hydrogens (tertiary/aromatic N) is 3. The summed E-state index contributed by atoms with van der Waals surface area (Å²) in [6.45, 7) is 1.91. The normalized spacial score (nSPS) is 15.8. The molecule has 0 spiro atoms. The molecule has 1 saturated carbocycles. The van der Waals surface area contributed by atoms with Gasteiger partial charge in [0.15, 0.2) is 11.5 Å². The zero-order valence-corrected chi connectivity index (χ0v) is 15.4. The minimum absolute atomic E-state index is 0.0434. The van der Waals surface area contributed by atoms with E-state index >= 15 is 0 Å². The van der Waals surface area contributed by atoms with Gasteiger partial charge in [0.05, 0.1) is 5.56 Å². The molecule has 9 nitrogen and oxygen atoms in total. The molecule has 2 aromatic heterocycles. The highest BCUT2D eigenvalue weighted by atomic mass is 16.4. The molecule has 9 heteroatoms. The van der Waals surface area contributed by atoms with Gasteiger partial charge in [0.1, 0.15) is 5.69 Å². The summed E-state index contributed by atoms with van der Waals surface area (Å²) in [5, 5.41) is 31.9. The fraction of sp³-hybridized carbons (Fsp3) is 0.421. The number of nitrogens with one attached hydrogen (secondary N) is 1. The van der Waals surface area contributed by atoms with Crippen LogP contribution in [0.2, 0.25) is 0 Å². The minimum atomic E-state index is -1.16. The van der Waals surface area contributed by atoms with Crippen molar-refractivity contribution in [2.75, 3.05) is 0 Å². The number of aromatic hydroxyl groups is 2. The molecule has 1 aliphatic rings. The Bertz CT molecular complexity index is 896. The van der Waals surface area contributed by atoms with E-state index in [0.717, 1.165) is 25.7 Å². The van der Waals surface area contributed by atoms with E-state index in [0.29, 0.717) is 5.92 Å². The number of carboxylic acids is 1. The fourth-order valence-corrected chi connectivity index (χ4v) is 3.43. The maximum absolute atomic E-state index is 12.6. The van der Waals surface area contributed by atoms with Crippen LogP contribution < -0.4 is 5.32 Å². The lowest BCUT2D eigenvalue weighted by Crippen LogP contribution is -2.39. The highest BCUT2D eigenvalue weighted by Crippen LogP contribution is 2.30. The van der Waals surface area contributed by atoms with Gasteiger partial charge in [-0.2, -0.15) is 4.98 Å². The number of carboxylic acid groups (broad SMARTS) is 1. The first-order valence-electron chi connectivity index (χ1n) is 9.17. The molecule has 0 bridgehead atoms. The summed E-state index contributed by atoms with van der Waals surface area (Å²) in [6.07, 6.45) is 6.76. The Morgan fingerprint density at radius 1 is 1.18 bits per heavy atom. The van der Waals surface area contributed by atoms with Crippen molar-refractivity contribution in [1.29, 1.82) is 0 Å². The van der Waals surface area contributed by atoms with Crippen LogP contribution in [0.4, 0.5) is 0 Å². The molecule has 0 saturated heterocycles. The number of rotatable bonds is 5. The van der Waals surface area contributed by atoms with Crippen molar-refractivity contribution in [3.05, 3.63) is 29.6 Å². The molecule has 0 radical (unpaired) electrons. The van der Waals surface area contributed by atoms with Crippen LogP contribution in [0.5, 0.6) is 11.6 Å². The van der Waals surface area contributed by atoms with E-state index in [2.05, 4.69) is 20.3 Å². The van der Waals surface area contributed by atoms with Gasteiger partial charge in [-0.3, -0.25) is 9.78 Å². The summed E-state index contributed by atoms with van der Waals surface area (Å²) < 4.78 is 0. The lowest BCUT2D eigenvalue weighted by atomic mass is 9.84. The van der Waals surface area contributed by atoms with Crippen molar-refractivity contribution in [1.82, 2.24) is 20.3 Å². The van der Waals surface area contributed by atoms with Gasteiger partial charge in [-0.25, -0.2) is 9.78 Å². The van der Waals surface area contributed by atoms with Crippen molar-refractivity contribution in [2.45, 2.75) is 45.1 Å². The van der Waals surface area contributed by atoms with Crippen LogP contribution in [0.15, 0.2) is 18.3 Å². The van der Waals surface area contributed by atoms with Crippen molar-refractivity contribution in [2.24, 2.45) is 5.92 Å². The van der Waals surface area contributed by atoms with Crippen molar-refractivity contribution < 1.29 is 24.9 Å². The molecule has 148 valence electrons. The first-order chi connectivity index (χ1) is 13.4. The Labute approximate surface area is 161 Å². The lowest BCUT2D eigenvalue weighted by molar-refractivity contribution is 0.0696. The topological polar surface area (TPSA) is 146 Å². The SMILES string of the molecule is CC(NC(=O)c1nc(-c2cc(C(=O)O)ccn2)nc(O)c1O)C1CCCCC1. The Morgan fingerprint density at radius 3 is 2.57 bits per heavy atom. The number of carbonyl (C=O) groups excluding carboxylic acids is 1. The van der Waals surface area contributed by atoms with Crippen LogP contribution in [-0.4, -0.2) is 48.2 Å². The lowest BCUT2D eigenvalue weighted by Gasteiger charge is -2.28. The van der Waals surface area contributed by atoms with Gasteiger partial charge in [-0.05, 0) is 37.8 Å².